The van der Waals surface area contributed by atoms with Gasteiger partial charge >= 0.3 is 0 Å². The molecule has 6 nitrogen and oxygen atoms in total. The van der Waals surface area contributed by atoms with Crippen LogP contribution in [0.2, 0.25) is 0 Å². The molecule has 0 aliphatic rings. The van der Waals surface area contributed by atoms with Crippen molar-refractivity contribution < 1.29 is 14.3 Å². The second-order valence-corrected chi connectivity index (χ2v) is 8.27. The normalized spacial score (nSPS) is 10.7. The highest BCUT2D eigenvalue weighted by Gasteiger charge is 2.14. The van der Waals surface area contributed by atoms with Crippen molar-refractivity contribution >= 4 is 44.9 Å². The molecule has 0 saturated heterocycles. The topological polar surface area (TPSA) is 73.3 Å². The number of thiophene rings is 1. The van der Waals surface area contributed by atoms with E-state index in [1.165, 1.54) is 11.8 Å². The highest BCUT2D eigenvalue weighted by Crippen LogP contribution is 2.36. The van der Waals surface area contributed by atoms with Gasteiger partial charge in [-0.25, -0.2) is 9.97 Å². The lowest BCUT2D eigenvalue weighted by Crippen LogP contribution is -2.15. The zero-order chi connectivity index (χ0) is 20.9. The van der Waals surface area contributed by atoms with Gasteiger partial charge in [0, 0.05) is 16.3 Å². The average molecular weight is 438 g/mol. The van der Waals surface area contributed by atoms with Gasteiger partial charge in [0.05, 0.1) is 25.7 Å². The molecule has 8 heteroatoms. The molecule has 0 aliphatic carbocycles. The smallest absolute Gasteiger partial charge is 0.234 e. The van der Waals surface area contributed by atoms with Crippen molar-refractivity contribution in [2.75, 3.05) is 25.3 Å². The summed E-state index contributed by atoms with van der Waals surface area (Å²) in [7, 11) is 3.14. The van der Waals surface area contributed by atoms with Gasteiger partial charge in [0.1, 0.15) is 27.7 Å². The second-order valence-electron chi connectivity index (χ2n) is 6.28. The number of thioether (sulfide) groups is 1. The average Bonchev–Trinajstić information content (AvgIpc) is 3.23. The van der Waals surface area contributed by atoms with Crippen molar-refractivity contribution in [3.05, 3.63) is 60.9 Å². The van der Waals surface area contributed by atoms with Gasteiger partial charge < -0.3 is 14.8 Å². The van der Waals surface area contributed by atoms with E-state index in [1.54, 1.807) is 50.1 Å². The van der Waals surface area contributed by atoms with E-state index in [4.69, 9.17) is 9.47 Å². The molecule has 0 aliphatic heterocycles. The summed E-state index contributed by atoms with van der Waals surface area (Å²) in [5, 5.41) is 4.62. The number of aromatic nitrogens is 2. The third-order valence-electron chi connectivity index (χ3n) is 4.37. The Morgan fingerprint density at radius 1 is 1.07 bits per heavy atom. The summed E-state index contributed by atoms with van der Waals surface area (Å²) in [5.41, 5.74) is 1.71. The monoisotopic (exact) mass is 437 g/mol. The number of hydrogen-bond acceptors (Lipinski definition) is 7. The Balaban J connectivity index is 1.50. The van der Waals surface area contributed by atoms with Gasteiger partial charge in [0.2, 0.25) is 5.91 Å². The van der Waals surface area contributed by atoms with Gasteiger partial charge in [-0.1, -0.05) is 42.1 Å². The van der Waals surface area contributed by atoms with Crippen molar-refractivity contribution in [3.63, 3.8) is 0 Å². The van der Waals surface area contributed by atoms with Gasteiger partial charge in [0.25, 0.3) is 0 Å². The van der Waals surface area contributed by atoms with Crippen molar-refractivity contribution in [1.29, 1.82) is 0 Å². The molecule has 2 aromatic heterocycles. The molecule has 0 unspecified atom stereocenters. The Hall–Kier alpha value is -3.10. The maximum atomic E-state index is 12.5. The Morgan fingerprint density at radius 3 is 2.67 bits per heavy atom. The fourth-order valence-corrected chi connectivity index (χ4v) is 4.77. The molecule has 1 N–H and O–H groups in total. The minimum Gasteiger partial charge on any atom is -0.497 e. The quantitative estimate of drug-likeness (QED) is 0.320. The first-order valence-corrected chi connectivity index (χ1v) is 10.9. The molecule has 30 heavy (non-hydrogen) atoms. The zero-order valence-electron chi connectivity index (χ0n) is 16.4. The first-order valence-electron chi connectivity index (χ1n) is 9.12. The van der Waals surface area contributed by atoms with E-state index in [1.807, 2.05) is 18.2 Å². The number of fused-ring (bicyclic) bond motifs is 1. The molecular formula is C22H19N3O3S2. The molecule has 0 fully saturated rings. The fourth-order valence-electron chi connectivity index (χ4n) is 2.93. The summed E-state index contributed by atoms with van der Waals surface area (Å²) < 4.78 is 10.5. The molecule has 152 valence electrons. The highest BCUT2D eigenvalue weighted by atomic mass is 32.2. The van der Waals surface area contributed by atoms with Gasteiger partial charge in [-0.2, -0.15) is 0 Å². The molecule has 4 rings (SSSR count). The molecule has 0 spiro atoms. The van der Waals surface area contributed by atoms with Crippen LogP contribution < -0.4 is 14.8 Å². The number of carbonyl (C=O) groups excluding carboxylic acids is 1. The Morgan fingerprint density at radius 2 is 1.90 bits per heavy atom. The van der Waals surface area contributed by atoms with E-state index in [-0.39, 0.29) is 11.7 Å². The third-order valence-corrected chi connectivity index (χ3v) is 6.47. The number of hydrogen-bond donors (Lipinski definition) is 1. The Kier molecular flexibility index (Phi) is 6.15. The number of anilines is 1. The fraction of sp³-hybridized carbons (Fsp3) is 0.136. The van der Waals surface area contributed by atoms with Crippen molar-refractivity contribution in [2.45, 2.75) is 5.03 Å². The SMILES string of the molecule is COc1ccc(OC)c(NC(=O)CSc2ncnc3sc(-c4ccccc4)cc23)c1. The van der Waals surface area contributed by atoms with Crippen LogP contribution in [0.25, 0.3) is 20.7 Å². The van der Waals surface area contributed by atoms with Crippen LogP contribution in [0.5, 0.6) is 11.5 Å². The van der Waals surface area contributed by atoms with Crippen molar-refractivity contribution in [3.8, 4) is 21.9 Å². The number of amides is 1. The first kappa shape index (κ1) is 20.2. The minimum atomic E-state index is -0.156. The number of benzene rings is 2. The van der Waals surface area contributed by atoms with Gasteiger partial charge in [-0.05, 0) is 23.8 Å². The molecule has 0 atom stereocenters. The van der Waals surface area contributed by atoms with Crippen LogP contribution in [-0.2, 0) is 4.79 Å². The largest absolute Gasteiger partial charge is 0.497 e. The van der Waals surface area contributed by atoms with Crippen molar-refractivity contribution in [2.24, 2.45) is 0 Å². The molecule has 0 saturated carbocycles. The number of nitrogens with one attached hydrogen (secondary N) is 1. The van der Waals surface area contributed by atoms with Gasteiger partial charge in [-0.15, -0.1) is 11.3 Å². The number of carbonyl (C=O) groups is 1. The van der Waals surface area contributed by atoms with E-state index >= 15 is 0 Å². The standard InChI is InChI=1S/C22H19N3O3S2/c1-27-15-8-9-18(28-2)17(10-15)25-20(26)12-29-21-16-11-19(14-6-4-3-5-7-14)30-22(16)24-13-23-21/h3-11,13H,12H2,1-2H3,(H,25,26). The van der Waals surface area contributed by atoms with Gasteiger partial charge in [-0.3, -0.25) is 4.79 Å². The van der Waals surface area contributed by atoms with E-state index in [0.717, 1.165) is 25.7 Å². The van der Waals surface area contributed by atoms with Crippen LogP contribution in [0.15, 0.2) is 66.0 Å². The number of nitrogens with zero attached hydrogens (tertiary/aromatic N) is 2. The van der Waals surface area contributed by atoms with E-state index in [9.17, 15) is 4.79 Å². The predicted molar refractivity (Wildman–Crippen MR) is 122 cm³/mol. The lowest BCUT2D eigenvalue weighted by Gasteiger charge is -2.11. The third kappa shape index (κ3) is 4.39. The number of methoxy groups -OCH3 is 2. The van der Waals surface area contributed by atoms with E-state index < -0.39 is 0 Å². The molecule has 2 heterocycles. The summed E-state index contributed by atoms with van der Waals surface area (Å²) in [5.74, 6) is 1.27. The van der Waals surface area contributed by atoms with Gasteiger partial charge in [0.15, 0.2) is 0 Å². The van der Waals surface area contributed by atoms with E-state index in [0.29, 0.717) is 17.2 Å². The predicted octanol–water partition coefficient (Wildman–Crippen LogP) is 5.11. The summed E-state index contributed by atoms with van der Waals surface area (Å²) >= 11 is 3.00. The number of rotatable bonds is 7. The maximum Gasteiger partial charge on any atom is 0.234 e. The lowest BCUT2D eigenvalue weighted by atomic mass is 10.2. The molecule has 0 radical (unpaired) electrons. The van der Waals surface area contributed by atoms with E-state index in [2.05, 4.69) is 33.5 Å². The van der Waals surface area contributed by atoms with Crippen molar-refractivity contribution in [1.82, 2.24) is 9.97 Å². The summed E-state index contributed by atoms with van der Waals surface area (Å²) in [6.07, 6.45) is 1.54. The first-order chi connectivity index (χ1) is 14.7. The molecule has 0 bridgehead atoms. The molecule has 2 aromatic carbocycles. The Labute approximate surface area is 182 Å². The Bertz CT molecular complexity index is 1180. The van der Waals surface area contributed by atoms with Crippen LogP contribution in [0.3, 0.4) is 0 Å². The van der Waals surface area contributed by atoms with Crippen LogP contribution in [0.1, 0.15) is 0 Å². The van der Waals surface area contributed by atoms with Crippen LogP contribution in [0, 0.1) is 0 Å². The maximum absolute atomic E-state index is 12.5. The summed E-state index contributed by atoms with van der Waals surface area (Å²) in [6.45, 7) is 0. The van der Waals surface area contributed by atoms with Crippen LogP contribution in [-0.4, -0.2) is 35.8 Å². The lowest BCUT2D eigenvalue weighted by molar-refractivity contribution is -0.113. The minimum absolute atomic E-state index is 0.156. The summed E-state index contributed by atoms with van der Waals surface area (Å²) in [4.78, 5) is 23.4. The zero-order valence-corrected chi connectivity index (χ0v) is 18.0. The number of ether oxygens (including phenoxy) is 2. The van der Waals surface area contributed by atoms with Crippen LogP contribution >= 0.6 is 23.1 Å². The summed E-state index contributed by atoms with van der Waals surface area (Å²) in [6, 6.07) is 17.5. The molecule has 1 amide bonds. The van der Waals surface area contributed by atoms with Crippen LogP contribution in [0.4, 0.5) is 5.69 Å². The highest BCUT2D eigenvalue weighted by molar-refractivity contribution is 8.00. The molecule has 4 aromatic rings. The molecular weight excluding hydrogens is 418 g/mol. The second kappa shape index (κ2) is 9.15.